The number of aromatic hydroxyl groups is 3. The minimum atomic E-state index is -0.287. The monoisotopic (exact) mass is 466 g/mol. The third-order valence-electron chi connectivity index (χ3n) is 7.56. The molecule has 0 aromatic heterocycles. The molecule has 0 amide bonds. The maximum Gasteiger partial charge on any atom is 0.115 e. The molecule has 3 nitrogen and oxygen atoms in total. The van der Waals surface area contributed by atoms with Crippen LogP contribution in [0.5, 0.6) is 17.2 Å². The van der Waals surface area contributed by atoms with Crippen LogP contribution < -0.4 is 0 Å². The van der Waals surface area contributed by atoms with Gasteiger partial charge in [0.2, 0.25) is 0 Å². The largest absolute Gasteiger partial charge is 0.508 e. The zero-order valence-corrected chi connectivity index (χ0v) is 20.7. The van der Waals surface area contributed by atoms with Crippen LogP contribution in [-0.2, 0) is 10.8 Å². The van der Waals surface area contributed by atoms with Gasteiger partial charge in [-0.1, -0.05) is 86.5 Å². The van der Waals surface area contributed by atoms with Gasteiger partial charge < -0.3 is 15.3 Å². The molecule has 1 atom stereocenters. The Hall–Kier alpha value is -3.72. The van der Waals surface area contributed by atoms with E-state index in [1.165, 1.54) is 16.7 Å². The van der Waals surface area contributed by atoms with Crippen molar-refractivity contribution >= 4 is 0 Å². The van der Waals surface area contributed by atoms with Crippen molar-refractivity contribution in [2.45, 2.75) is 50.9 Å². The van der Waals surface area contributed by atoms with Crippen LogP contribution in [0.1, 0.15) is 60.9 Å². The minimum absolute atomic E-state index is 0.216. The smallest absolute Gasteiger partial charge is 0.115 e. The maximum atomic E-state index is 9.87. The van der Waals surface area contributed by atoms with E-state index in [1.54, 1.807) is 36.4 Å². The lowest BCUT2D eigenvalue weighted by atomic mass is 9.68. The normalized spacial score (nSPS) is 13.3. The standard InChI is InChI=1S/C32H34O3/c1-23-5-7-24(8-6-23)31(2,25-9-15-28(33)16-10-25)21-4-22-32(3,26-11-17-29(34)18-12-26)27-13-19-30(35)20-14-27/h5-20,33-35H,4,21-22H2,1-3H3. The molecule has 0 aliphatic carbocycles. The van der Waals surface area contributed by atoms with Crippen LogP contribution in [0.2, 0.25) is 0 Å². The fourth-order valence-corrected chi connectivity index (χ4v) is 5.12. The summed E-state index contributed by atoms with van der Waals surface area (Å²) >= 11 is 0. The Morgan fingerprint density at radius 1 is 0.457 bits per heavy atom. The molecular weight excluding hydrogens is 432 g/mol. The van der Waals surface area contributed by atoms with Crippen LogP contribution in [0, 0.1) is 6.92 Å². The van der Waals surface area contributed by atoms with E-state index < -0.39 is 0 Å². The molecule has 4 aromatic carbocycles. The van der Waals surface area contributed by atoms with Gasteiger partial charge in [-0.05, 0) is 78.4 Å². The number of hydrogen-bond donors (Lipinski definition) is 3. The van der Waals surface area contributed by atoms with E-state index in [0.717, 1.165) is 30.4 Å². The number of hydrogen-bond acceptors (Lipinski definition) is 3. The van der Waals surface area contributed by atoms with Gasteiger partial charge in [0.25, 0.3) is 0 Å². The van der Waals surface area contributed by atoms with Crippen LogP contribution in [0.4, 0.5) is 0 Å². The van der Waals surface area contributed by atoms with Gasteiger partial charge in [-0.3, -0.25) is 0 Å². The highest BCUT2D eigenvalue weighted by molar-refractivity contribution is 5.43. The first-order valence-electron chi connectivity index (χ1n) is 12.2. The summed E-state index contributed by atoms with van der Waals surface area (Å²) in [4.78, 5) is 0. The Bertz CT molecular complexity index is 1050. The molecule has 0 saturated heterocycles. The number of rotatable bonds is 8. The Kier molecular flexibility index (Phi) is 6.88. The first-order valence-corrected chi connectivity index (χ1v) is 12.2. The zero-order valence-electron chi connectivity index (χ0n) is 20.7. The van der Waals surface area contributed by atoms with Gasteiger partial charge in [0.15, 0.2) is 0 Å². The third kappa shape index (κ3) is 5.19. The van der Waals surface area contributed by atoms with E-state index in [2.05, 4.69) is 45.0 Å². The lowest BCUT2D eigenvalue weighted by Crippen LogP contribution is -2.27. The lowest BCUT2D eigenvalue weighted by Gasteiger charge is -2.35. The number of aryl methyl sites for hydroxylation is 1. The second-order valence-corrected chi connectivity index (χ2v) is 10.0. The second kappa shape index (κ2) is 9.87. The molecule has 4 rings (SSSR count). The van der Waals surface area contributed by atoms with Crippen molar-refractivity contribution in [2.24, 2.45) is 0 Å². The molecule has 0 fully saturated rings. The Balaban J connectivity index is 1.67. The average molecular weight is 467 g/mol. The van der Waals surface area contributed by atoms with Crippen molar-refractivity contribution in [3.8, 4) is 17.2 Å². The quantitative estimate of drug-likeness (QED) is 0.251. The molecule has 0 aliphatic rings. The van der Waals surface area contributed by atoms with Crippen LogP contribution in [0.3, 0.4) is 0 Å². The van der Waals surface area contributed by atoms with E-state index in [0.29, 0.717) is 0 Å². The van der Waals surface area contributed by atoms with E-state index in [4.69, 9.17) is 0 Å². The molecule has 0 spiro atoms. The first kappa shape index (κ1) is 24.4. The molecule has 1 unspecified atom stereocenters. The number of benzene rings is 4. The fourth-order valence-electron chi connectivity index (χ4n) is 5.12. The average Bonchev–Trinajstić information content (AvgIpc) is 2.85. The molecule has 0 aliphatic heterocycles. The summed E-state index contributed by atoms with van der Waals surface area (Å²) in [6.07, 6.45) is 2.76. The summed E-state index contributed by atoms with van der Waals surface area (Å²) in [6.45, 7) is 6.61. The van der Waals surface area contributed by atoms with E-state index in [1.807, 2.05) is 36.4 Å². The van der Waals surface area contributed by atoms with Gasteiger partial charge in [-0.15, -0.1) is 0 Å². The van der Waals surface area contributed by atoms with Crippen LogP contribution in [-0.4, -0.2) is 15.3 Å². The summed E-state index contributed by atoms with van der Waals surface area (Å²) in [5.74, 6) is 0.773. The molecule has 0 radical (unpaired) electrons. The first-order chi connectivity index (χ1) is 16.7. The molecule has 0 bridgehead atoms. The summed E-state index contributed by atoms with van der Waals surface area (Å²) in [5.41, 5.74) is 5.41. The van der Waals surface area contributed by atoms with Crippen molar-refractivity contribution in [2.75, 3.05) is 0 Å². The predicted octanol–water partition coefficient (Wildman–Crippen LogP) is 7.59. The fraction of sp³-hybridized carbons (Fsp3) is 0.250. The topological polar surface area (TPSA) is 60.7 Å². The van der Waals surface area contributed by atoms with Crippen LogP contribution >= 0.6 is 0 Å². The zero-order chi connectivity index (χ0) is 25.1. The molecule has 0 saturated carbocycles. The lowest BCUT2D eigenvalue weighted by molar-refractivity contribution is 0.423. The highest BCUT2D eigenvalue weighted by Gasteiger charge is 2.33. The summed E-state index contributed by atoms with van der Waals surface area (Å²) in [7, 11) is 0. The molecule has 3 heteroatoms. The molecular formula is C32H34O3. The molecule has 180 valence electrons. The predicted molar refractivity (Wildman–Crippen MR) is 142 cm³/mol. The van der Waals surface area contributed by atoms with Crippen molar-refractivity contribution in [1.82, 2.24) is 0 Å². The third-order valence-corrected chi connectivity index (χ3v) is 7.56. The SMILES string of the molecule is Cc1ccc(C(C)(CCCC(C)(c2ccc(O)cc2)c2ccc(O)cc2)c2ccc(O)cc2)cc1. The minimum Gasteiger partial charge on any atom is -0.508 e. The van der Waals surface area contributed by atoms with Crippen LogP contribution in [0.25, 0.3) is 0 Å². The molecule has 0 heterocycles. The van der Waals surface area contributed by atoms with E-state index >= 15 is 0 Å². The maximum absolute atomic E-state index is 9.87. The number of phenolic OH excluding ortho intramolecular Hbond substituents is 3. The van der Waals surface area contributed by atoms with E-state index in [9.17, 15) is 15.3 Å². The summed E-state index contributed by atoms with van der Waals surface area (Å²) in [6, 6.07) is 31.2. The van der Waals surface area contributed by atoms with Crippen molar-refractivity contribution < 1.29 is 15.3 Å². The highest BCUT2D eigenvalue weighted by atomic mass is 16.3. The summed E-state index contributed by atoms with van der Waals surface area (Å²) < 4.78 is 0. The van der Waals surface area contributed by atoms with Gasteiger partial charge in [0, 0.05) is 10.8 Å². The molecule has 3 N–H and O–H groups in total. The van der Waals surface area contributed by atoms with Crippen molar-refractivity contribution in [1.29, 1.82) is 0 Å². The van der Waals surface area contributed by atoms with Gasteiger partial charge in [0.1, 0.15) is 17.2 Å². The van der Waals surface area contributed by atoms with Crippen molar-refractivity contribution in [3.63, 3.8) is 0 Å². The Morgan fingerprint density at radius 3 is 1.00 bits per heavy atom. The second-order valence-electron chi connectivity index (χ2n) is 10.0. The van der Waals surface area contributed by atoms with E-state index in [-0.39, 0.29) is 28.1 Å². The van der Waals surface area contributed by atoms with Gasteiger partial charge in [0.05, 0.1) is 0 Å². The van der Waals surface area contributed by atoms with Crippen molar-refractivity contribution in [3.05, 3.63) is 125 Å². The Morgan fingerprint density at radius 2 is 0.714 bits per heavy atom. The highest BCUT2D eigenvalue weighted by Crippen LogP contribution is 2.42. The molecule has 4 aromatic rings. The molecule has 35 heavy (non-hydrogen) atoms. The Labute approximate surface area is 208 Å². The van der Waals surface area contributed by atoms with Gasteiger partial charge >= 0.3 is 0 Å². The van der Waals surface area contributed by atoms with Gasteiger partial charge in [-0.2, -0.15) is 0 Å². The van der Waals surface area contributed by atoms with Gasteiger partial charge in [-0.25, -0.2) is 0 Å². The summed E-state index contributed by atoms with van der Waals surface area (Å²) in [5, 5.41) is 29.6. The van der Waals surface area contributed by atoms with Crippen LogP contribution in [0.15, 0.2) is 97.1 Å². The number of phenols is 3.